The van der Waals surface area contributed by atoms with Gasteiger partial charge in [-0.05, 0) is 24.6 Å². The van der Waals surface area contributed by atoms with Crippen LogP contribution in [0, 0.1) is 0 Å². The van der Waals surface area contributed by atoms with Crippen molar-refractivity contribution in [1.29, 1.82) is 0 Å². The van der Waals surface area contributed by atoms with Crippen LogP contribution in [0.3, 0.4) is 0 Å². The Morgan fingerprint density at radius 1 is 1.45 bits per heavy atom. The Hall–Kier alpha value is -1.76. The lowest BCUT2D eigenvalue weighted by molar-refractivity contribution is -0.137. The zero-order chi connectivity index (χ0) is 14.9. The van der Waals surface area contributed by atoms with Crippen LogP contribution in [0.2, 0.25) is 0 Å². The molecule has 110 valence electrons. The smallest absolute Gasteiger partial charge is 0.418 e. The molecule has 1 aliphatic rings. The Balaban J connectivity index is 2.43. The number of anilines is 1. The Bertz CT molecular complexity index is 510. The summed E-state index contributed by atoms with van der Waals surface area (Å²) in [5, 5.41) is 8.82. The monoisotopic (exact) mass is 289 g/mol. The highest BCUT2D eigenvalue weighted by molar-refractivity contribution is 5.88. The normalized spacial score (nSPS) is 19.1. The van der Waals surface area contributed by atoms with Gasteiger partial charge in [-0.2, -0.15) is 13.2 Å². The Morgan fingerprint density at radius 2 is 2.15 bits per heavy atom. The van der Waals surface area contributed by atoms with Crippen LogP contribution in [-0.4, -0.2) is 37.4 Å². The molecule has 1 fully saturated rings. The molecule has 7 heteroatoms. The van der Waals surface area contributed by atoms with Gasteiger partial charge in [-0.15, -0.1) is 0 Å². The number of nitrogens with zero attached hydrogens (tertiary/aromatic N) is 1. The maximum atomic E-state index is 13.1. The van der Waals surface area contributed by atoms with Crippen LogP contribution in [0.25, 0.3) is 0 Å². The molecule has 0 amide bonds. The number of carboxylic acids is 1. The third kappa shape index (κ3) is 2.87. The lowest BCUT2D eigenvalue weighted by atomic mass is 10.1. The van der Waals surface area contributed by atoms with Gasteiger partial charge in [0.2, 0.25) is 0 Å². The van der Waals surface area contributed by atoms with Gasteiger partial charge >= 0.3 is 12.1 Å². The lowest BCUT2D eigenvalue weighted by Gasteiger charge is -2.28. The summed E-state index contributed by atoms with van der Waals surface area (Å²) in [4.78, 5) is 12.3. The number of alkyl halides is 3. The molecular formula is C13H14F3NO3. The number of ether oxygens (including phenoxy) is 1. The summed E-state index contributed by atoms with van der Waals surface area (Å²) < 4.78 is 44.4. The SMILES string of the molecule is CN(c1ccc(C(=O)O)cc1C(F)(F)F)C1CCOC1. The fourth-order valence-electron chi connectivity index (χ4n) is 2.23. The molecule has 1 heterocycles. The third-order valence-corrected chi connectivity index (χ3v) is 3.38. The minimum Gasteiger partial charge on any atom is -0.478 e. The number of benzene rings is 1. The predicted octanol–water partition coefficient (Wildman–Crippen LogP) is 2.63. The second-order valence-corrected chi connectivity index (χ2v) is 4.66. The second-order valence-electron chi connectivity index (χ2n) is 4.66. The molecule has 0 aliphatic carbocycles. The fraction of sp³-hybridized carbons (Fsp3) is 0.462. The molecule has 0 aromatic heterocycles. The van der Waals surface area contributed by atoms with Gasteiger partial charge in [0.15, 0.2) is 0 Å². The summed E-state index contributed by atoms with van der Waals surface area (Å²) in [6.45, 7) is 0.887. The van der Waals surface area contributed by atoms with Crippen molar-refractivity contribution in [2.75, 3.05) is 25.2 Å². The van der Waals surface area contributed by atoms with Crippen molar-refractivity contribution in [3.63, 3.8) is 0 Å². The van der Waals surface area contributed by atoms with Crippen molar-refractivity contribution in [3.05, 3.63) is 29.3 Å². The van der Waals surface area contributed by atoms with Gasteiger partial charge in [-0.3, -0.25) is 0 Å². The molecule has 0 radical (unpaired) electrons. The molecule has 1 N–H and O–H groups in total. The first-order valence-electron chi connectivity index (χ1n) is 6.06. The van der Waals surface area contributed by atoms with Crippen molar-refractivity contribution < 1.29 is 27.8 Å². The van der Waals surface area contributed by atoms with Crippen LogP contribution >= 0.6 is 0 Å². The Morgan fingerprint density at radius 3 is 2.65 bits per heavy atom. The van der Waals surface area contributed by atoms with Crippen LogP contribution in [0.4, 0.5) is 18.9 Å². The maximum Gasteiger partial charge on any atom is 0.418 e. The molecule has 1 aromatic carbocycles. The van der Waals surface area contributed by atoms with Gasteiger partial charge in [-0.1, -0.05) is 0 Å². The molecule has 1 unspecified atom stereocenters. The summed E-state index contributed by atoms with van der Waals surface area (Å²) in [5.74, 6) is -1.38. The number of carbonyl (C=O) groups is 1. The van der Waals surface area contributed by atoms with Gasteiger partial charge in [0.05, 0.1) is 23.8 Å². The van der Waals surface area contributed by atoms with E-state index in [0.29, 0.717) is 25.7 Å². The van der Waals surface area contributed by atoms with E-state index < -0.39 is 17.7 Å². The first-order chi connectivity index (χ1) is 9.30. The average Bonchev–Trinajstić information content (AvgIpc) is 2.90. The van der Waals surface area contributed by atoms with Crippen LogP contribution in [-0.2, 0) is 10.9 Å². The molecule has 1 aromatic rings. The zero-order valence-corrected chi connectivity index (χ0v) is 10.8. The van der Waals surface area contributed by atoms with Crippen LogP contribution < -0.4 is 4.90 Å². The number of rotatable bonds is 3. The van der Waals surface area contributed by atoms with E-state index >= 15 is 0 Å². The van der Waals surface area contributed by atoms with Gasteiger partial charge < -0.3 is 14.7 Å². The average molecular weight is 289 g/mol. The topological polar surface area (TPSA) is 49.8 Å². The van der Waals surface area contributed by atoms with Crippen LogP contribution in [0.15, 0.2) is 18.2 Å². The van der Waals surface area contributed by atoms with Gasteiger partial charge in [0, 0.05) is 19.3 Å². The number of aromatic carboxylic acids is 1. The second kappa shape index (κ2) is 5.32. The summed E-state index contributed by atoms with van der Waals surface area (Å²) >= 11 is 0. The largest absolute Gasteiger partial charge is 0.478 e. The van der Waals surface area contributed by atoms with Crippen LogP contribution in [0.1, 0.15) is 22.3 Å². The summed E-state index contributed by atoms with van der Waals surface area (Å²) in [5.41, 5.74) is -1.35. The number of halogens is 3. The molecule has 1 aliphatic heterocycles. The summed E-state index contributed by atoms with van der Waals surface area (Å²) in [6, 6.07) is 2.92. The van der Waals surface area contributed by atoms with E-state index in [2.05, 4.69) is 0 Å². The minimum absolute atomic E-state index is 0.0296. The molecular weight excluding hydrogens is 275 g/mol. The number of carboxylic acid groups (broad SMARTS) is 1. The number of hydrogen-bond donors (Lipinski definition) is 1. The molecule has 0 saturated carbocycles. The molecule has 0 bridgehead atoms. The van der Waals surface area contributed by atoms with Crippen molar-refractivity contribution in [1.82, 2.24) is 0 Å². The van der Waals surface area contributed by atoms with E-state index in [1.165, 1.54) is 17.0 Å². The first-order valence-corrected chi connectivity index (χ1v) is 6.06. The van der Waals surface area contributed by atoms with E-state index in [0.717, 1.165) is 0 Å². The molecule has 4 nitrogen and oxygen atoms in total. The standard InChI is InChI=1S/C13H14F3NO3/c1-17(9-4-5-20-7-9)11-3-2-8(12(18)19)6-10(11)13(14,15)16/h2-3,6,9H,4-5,7H2,1H3,(H,18,19). The van der Waals surface area contributed by atoms with E-state index in [1.54, 1.807) is 7.05 Å². The molecule has 20 heavy (non-hydrogen) atoms. The highest BCUT2D eigenvalue weighted by Gasteiger charge is 2.36. The fourth-order valence-corrected chi connectivity index (χ4v) is 2.23. The van der Waals surface area contributed by atoms with Crippen LogP contribution in [0.5, 0.6) is 0 Å². The van der Waals surface area contributed by atoms with Crippen molar-refractivity contribution in [2.45, 2.75) is 18.6 Å². The molecule has 0 spiro atoms. The zero-order valence-electron chi connectivity index (χ0n) is 10.8. The van der Waals surface area contributed by atoms with E-state index in [-0.39, 0.29) is 17.3 Å². The van der Waals surface area contributed by atoms with E-state index in [4.69, 9.17) is 9.84 Å². The van der Waals surface area contributed by atoms with Gasteiger partial charge in [-0.25, -0.2) is 4.79 Å². The lowest BCUT2D eigenvalue weighted by Crippen LogP contribution is -2.33. The quantitative estimate of drug-likeness (QED) is 0.929. The van der Waals surface area contributed by atoms with Gasteiger partial charge in [0.25, 0.3) is 0 Å². The first kappa shape index (κ1) is 14.6. The molecule has 1 atom stereocenters. The molecule has 2 rings (SSSR count). The highest BCUT2D eigenvalue weighted by atomic mass is 19.4. The summed E-state index contributed by atoms with van der Waals surface area (Å²) in [7, 11) is 1.56. The van der Waals surface area contributed by atoms with E-state index in [1.807, 2.05) is 0 Å². The Labute approximate surface area is 113 Å². The minimum atomic E-state index is -4.60. The van der Waals surface area contributed by atoms with E-state index in [9.17, 15) is 18.0 Å². The van der Waals surface area contributed by atoms with Crippen molar-refractivity contribution >= 4 is 11.7 Å². The predicted molar refractivity (Wildman–Crippen MR) is 66.0 cm³/mol. The number of hydrogen-bond acceptors (Lipinski definition) is 3. The van der Waals surface area contributed by atoms with Crippen molar-refractivity contribution in [2.24, 2.45) is 0 Å². The number of likely N-dealkylation sites (N-methyl/N-ethyl adjacent to an activating group) is 1. The molecule has 1 saturated heterocycles. The Kier molecular flexibility index (Phi) is 3.89. The third-order valence-electron chi connectivity index (χ3n) is 3.38. The van der Waals surface area contributed by atoms with Gasteiger partial charge in [0.1, 0.15) is 0 Å². The maximum absolute atomic E-state index is 13.1. The summed E-state index contributed by atoms with van der Waals surface area (Å²) in [6.07, 6.45) is -3.96. The highest BCUT2D eigenvalue weighted by Crippen LogP contribution is 2.38. The van der Waals surface area contributed by atoms with Crippen molar-refractivity contribution in [3.8, 4) is 0 Å².